The number of benzene rings is 2. The maximum atomic E-state index is 17.1. The fraction of sp³-hybridized carbons (Fsp3) is 0.417. The average molecular weight is 748 g/mol. The van der Waals surface area contributed by atoms with Crippen LogP contribution in [0.15, 0.2) is 30.6 Å². The Morgan fingerprint density at radius 1 is 1.21 bits per heavy atom. The first-order valence-electron chi connectivity index (χ1n) is 17.2. The van der Waals surface area contributed by atoms with Crippen LogP contribution in [0.3, 0.4) is 0 Å². The lowest BCUT2D eigenvalue weighted by atomic mass is 9.79. The molecular formula is C36H33ClF3N9O2S. The smallest absolute Gasteiger partial charge is 0.329 e. The van der Waals surface area contributed by atoms with Gasteiger partial charge in [-0.05, 0) is 50.4 Å². The van der Waals surface area contributed by atoms with Crippen molar-refractivity contribution in [2.75, 3.05) is 56.5 Å². The zero-order valence-corrected chi connectivity index (χ0v) is 29.7. The van der Waals surface area contributed by atoms with E-state index >= 15 is 4.39 Å². The van der Waals surface area contributed by atoms with Gasteiger partial charge in [0, 0.05) is 73.3 Å². The predicted molar refractivity (Wildman–Crippen MR) is 192 cm³/mol. The number of aryl methyl sites for hydroxylation is 1. The molecule has 0 saturated carbocycles. The molecule has 4 saturated heterocycles. The van der Waals surface area contributed by atoms with Gasteiger partial charge in [-0.2, -0.15) is 15.2 Å². The van der Waals surface area contributed by atoms with Crippen LogP contribution < -0.4 is 15.4 Å². The molecule has 0 bridgehead atoms. The van der Waals surface area contributed by atoms with E-state index in [9.17, 15) is 18.8 Å². The van der Waals surface area contributed by atoms with Crippen LogP contribution in [0, 0.1) is 35.3 Å². The largest absolute Gasteiger partial charge is 0.461 e. The summed E-state index contributed by atoms with van der Waals surface area (Å²) in [5.41, 5.74) is 5.55. The molecule has 4 aliphatic heterocycles. The molecule has 0 unspecified atom stereocenters. The van der Waals surface area contributed by atoms with E-state index < -0.39 is 23.3 Å². The summed E-state index contributed by atoms with van der Waals surface area (Å²) in [6.45, 7) is 5.27. The molecule has 0 radical (unpaired) electrons. The molecule has 1 amide bonds. The van der Waals surface area contributed by atoms with Crippen LogP contribution in [0.1, 0.15) is 37.1 Å². The fourth-order valence-corrected chi connectivity index (χ4v) is 10.1. The molecule has 268 valence electrons. The van der Waals surface area contributed by atoms with Gasteiger partial charge in [0.15, 0.2) is 5.82 Å². The molecule has 1 spiro atoms. The lowest BCUT2D eigenvalue weighted by molar-refractivity contribution is 0.0496. The highest BCUT2D eigenvalue weighted by molar-refractivity contribution is 7.23. The van der Waals surface area contributed by atoms with Crippen LogP contribution in [-0.2, 0) is 0 Å². The third kappa shape index (κ3) is 5.02. The van der Waals surface area contributed by atoms with Crippen molar-refractivity contribution in [3.8, 4) is 23.2 Å². The molecule has 2 atom stereocenters. The Bertz CT molecular complexity index is 2360. The van der Waals surface area contributed by atoms with Gasteiger partial charge >= 0.3 is 12.0 Å². The number of alkyl halides is 1. The Morgan fingerprint density at radius 2 is 2.04 bits per heavy atom. The highest BCUT2D eigenvalue weighted by atomic mass is 35.5. The Balaban J connectivity index is 1.12. The maximum absolute atomic E-state index is 17.1. The zero-order chi connectivity index (χ0) is 36.1. The van der Waals surface area contributed by atoms with Crippen molar-refractivity contribution >= 4 is 60.8 Å². The summed E-state index contributed by atoms with van der Waals surface area (Å²) in [5, 5.41) is 10.6. The van der Waals surface area contributed by atoms with Gasteiger partial charge in [-0.15, -0.1) is 11.3 Å². The topological polar surface area (TPSA) is 129 Å². The predicted octanol–water partition coefficient (Wildman–Crippen LogP) is 6.54. The van der Waals surface area contributed by atoms with Crippen molar-refractivity contribution in [3.63, 3.8) is 0 Å². The Morgan fingerprint density at radius 3 is 2.81 bits per heavy atom. The number of aromatic nitrogens is 4. The van der Waals surface area contributed by atoms with Gasteiger partial charge in [0.25, 0.3) is 0 Å². The normalized spacial score (nSPS) is 22.4. The summed E-state index contributed by atoms with van der Waals surface area (Å²) >= 11 is 7.81. The molecular weight excluding hydrogens is 715 g/mol. The van der Waals surface area contributed by atoms with E-state index in [0.29, 0.717) is 56.2 Å². The Kier molecular flexibility index (Phi) is 7.62. The Labute approximate surface area is 305 Å². The number of amides is 1. The quantitative estimate of drug-likeness (QED) is 0.213. The number of halogens is 4. The highest BCUT2D eigenvalue weighted by Crippen LogP contribution is 2.48. The van der Waals surface area contributed by atoms with E-state index in [1.807, 2.05) is 11.0 Å². The molecule has 4 fully saturated rings. The van der Waals surface area contributed by atoms with E-state index in [1.165, 1.54) is 16.7 Å². The average Bonchev–Trinajstić information content (AvgIpc) is 3.92. The number of nitrogens with zero attached hydrogens (tertiary/aromatic N) is 8. The Hall–Kier alpha value is -4.65. The van der Waals surface area contributed by atoms with Crippen LogP contribution in [0.5, 0.6) is 6.01 Å². The number of nitrogen functional groups attached to an aromatic ring is 1. The first kappa shape index (κ1) is 33.2. The molecule has 52 heavy (non-hydrogen) atoms. The first-order chi connectivity index (χ1) is 25.0. The van der Waals surface area contributed by atoms with Crippen molar-refractivity contribution < 1.29 is 22.7 Å². The van der Waals surface area contributed by atoms with E-state index in [2.05, 4.69) is 14.9 Å². The van der Waals surface area contributed by atoms with Gasteiger partial charge in [0.2, 0.25) is 0 Å². The first-order valence-corrected chi connectivity index (χ1v) is 18.4. The van der Waals surface area contributed by atoms with Crippen molar-refractivity contribution in [2.24, 2.45) is 5.41 Å². The number of imidazole rings is 1. The van der Waals surface area contributed by atoms with Crippen LogP contribution >= 0.6 is 22.9 Å². The maximum Gasteiger partial charge on any atom is 0.329 e. The third-order valence-electron chi connectivity index (χ3n) is 11.4. The van der Waals surface area contributed by atoms with Crippen LogP contribution in [0.25, 0.3) is 32.1 Å². The SMILES string of the molecule is Cc1nccn1C(=O)N1CC2(CCN(c3nc(OC[C@@]45CCCN4C[C@H](F)C5)nc4c(F)c(-c5ccc(F)c6sc(N)c(C#N)c56)c(Cl)cc34)C2)C1. The molecule has 4 aliphatic rings. The zero-order valence-electron chi connectivity index (χ0n) is 28.1. The lowest BCUT2D eigenvalue weighted by Crippen LogP contribution is -2.60. The number of anilines is 2. The number of ether oxygens (including phenoxy) is 1. The summed E-state index contributed by atoms with van der Waals surface area (Å²) in [5.74, 6) is -0.328. The van der Waals surface area contributed by atoms with E-state index in [4.69, 9.17) is 27.1 Å². The fourth-order valence-electron chi connectivity index (χ4n) is 8.87. The number of thiophene rings is 1. The van der Waals surface area contributed by atoms with Gasteiger partial charge in [-0.25, -0.2) is 22.9 Å². The van der Waals surface area contributed by atoms with E-state index in [1.54, 1.807) is 30.3 Å². The standard InChI is InChI=1S/C36H33ClF3N9O2S/c1-19-43-7-10-49(19)34(50)47-16-35(17-47)6-9-46(15-35)32-22-11-24(37)27(21-3-4-25(39)30-26(21)23(13-41)31(42)52-30)28(40)29(22)44-33(45-32)51-18-36-5-2-8-48(36)14-20(38)12-36/h3-4,7,10-11,20H,2,5-6,8-9,12,14-18,42H2,1H3/t20-,36+/m1/s1. The second-order valence-electron chi connectivity index (χ2n) is 14.5. The van der Waals surface area contributed by atoms with Gasteiger partial charge in [0.1, 0.15) is 46.8 Å². The summed E-state index contributed by atoms with van der Waals surface area (Å²) in [7, 11) is 0. The van der Waals surface area contributed by atoms with Crippen molar-refractivity contribution in [1.29, 1.82) is 5.26 Å². The van der Waals surface area contributed by atoms with Crippen LogP contribution in [0.4, 0.5) is 28.8 Å². The number of fused-ring (bicyclic) bond motifs is 3. The van der Waals surface area contributed by atoms with E-state index in [0.717, 1.165) is 37.1 Å². The number of nitriles is 1. The molecule has 16 heteroatoms. The highest BCUT2D eigenvalue weighted by Gasteiger charge is 2.51. The monoisotopic (exact) mass is 747 g/mol. The van der Waals surface area contributed by atoms with Crippen molar-refractivity contribution in [1.82, 2.24) is 29.3 Å². The molecule has 11 nitrogen and oxygen atoms in total. The van der Waals surface area contributed by atoms with Gasteiger partial charge in [-0.1, -0.05) is 17.7 Å². The van der Waals surface area contributed by atoms with E-state index in [-0.39, 0.29) is 66.4 Å². The molecule has 0 aliphatic carbocycles. The molecule has 3 aromatic heterocycles. The summed E-state index contributed by atoms with van der Waals surface area (Å²) in [4.78, 5) is 32.7. The summed E-state index contributed by atoms with van der Waals surface area (Å²) in [6.07, 6.45) is 5.11. The minimum atomic E-state index is -0.955. The van der Waals surface area contributed by atoms with Gasteiger partial charge in [0.05, 0.1) is 20.8 Å². The van der Waals surface area contributed by atoms with Crippen molar-refractivity contribution in [2.45, 2.75) is 44.3 Å². The second kappa shape index (κ2) is 11.9. The minimum Gasteiger partial charge on any atom is -0.461 e. The van der Waals surface area contributed by atoms with Gasteiger partial charge in [-0.3, -0.25) is 9.47 Å². The molecule has 5 aromatic rings. The summed E-state index contributed by atoms with van der Waals surface area (Å²) in [6, 6.07) is 6.03. The summed E-state index contributed by atoms with van der Waals surface area (Å²) < 4.78 is 54.6. The number of likely N-dealkylation sites (tertiary alicyclic amines) is 1. The molecule has 7 heterocycles. The number of hydrogen-bond acceptors (Lipinski definition) is 10. The number of hydrogen-bond donors (Lipinski definition) is 1. The number of carbonyl (C=O) groups excluding carboxylic acids is 1. The molecule has 9 rings (SSSR count). The van der Waals surface area contributed by atoms with Crippen LogP contribution in [0.2, 0.25) is 5.02 Å². The lowest BCUT2D eigenvalue weighted by Gasteiger charge is -2.47. The van der Waals surface area contributed by atoms with Crippen LogP contribution in [-0.4, -0.2) is 92.9 Å². The second-order valence-corrected chi connectivity index (χ2v) is 16.0. The number of rotatable bonds is 5. The molecule has 2 aromatic carbocycles. The minimum absolute atomic E-state index is 0.0237. The number of nitrogens with two attached hydrogens (primary N) is 1. The number of carbonyl (C=O) groups is 1. The van der Waals surface area contributed by atoms with Gasteiger partial charge < -0.3 is 20.3 Å². The molecule has 2 N–H and O–H groups in total. The van der Waals surface area contributed by atoms with Crippen molar-refractivity contribution in [3.05, 3.63) is 58.6 Å². The third-order valence-corrected chi connectivity index (χ3v) is 12.7.